The SMILES string of the molecule is O=C(Nc1cccc(S(=O)(=O)C2CCCC2)c1)C1CCCN(C(=O)c2ccc(Cl)cc2)C1. The Morgan fingerprint density at radius 3 is 2.41 bits per heavy atom. The first-order valence-electron chi connectivity index (χ1n) is 11.0. The minimum Gasteiger partial charge on any atom is -0.338 e. The number of benzene rings is 2. The van der Waals surface area contributed by atoms with Gasteiger partial charge in [-0.25, -0.2) is 8.42 Å². The summed E-state index contributed by atoms with van der Waals surface area (Å²) in [5.41, 5.74) is 1.01. The van der Waals surface area contributed by atoms with E-state index in [2.05, 4.69) is 5.32 Å². The highest BCUT2D eigenvalue weighted by molar-refractivity contribution is 7.92. The fourth-order valence-corrected chi connectivity index (χ4v) is 6.56. The van der Waals surface area contributed by atoms with Crippen LogP contribution in [0.2, 0.25) is 5.02 Å². The van der Waals surface area contributed by atoms with Crippen LogP contribution in [0.3, 0.4) is 0 Å². The first-order valence-corrected chi connectivity index (χ1v) is 13.0. The smallest absolute Gasteiger partial charge is 0.253 e. The van der Waals surface area contributed by atoms with E-state index in [4.69, 9.17) is 11.6 Å². The number of carbonyl (C=O) groups excluding carboxylic acids is 2. The predicted octanol–water partition coefficient (Wildman–Crippen LogP) is 4.55. The molecule has 32 heavy (non-hydrogen) atoms. The standard InChI is InChI=1S/C24H27ClN2O4S/c25-19-12-10-17(11-13-19)24(29)27-14-4-5-18(16-27)23(28)26-20-6-3-9-22(15-20)32(30,31)21-7-1-2-8-21/h3,6,9-13,15,18,21H,1-2,4-5,7-8,14,16H2,(H,26,28). The average Bonchev–Trinajstić information content (AvgIpc) is 3.35. The molecule has 0 aromatic heterocycles. The molecule has 4 rings (SSSR count). The number of nitrogens with zero attached hydrogens (tertiary/aromatic N) is 1. The van der Waals surface area contributed by atoms with Crippen LogP contribution in [0.5, 0.6) is 0 Å². The Bertz CT molecular complexity index is 1100. The summed E-state index contributed by atoms with van der Waals surface area (Å²) in [4.78, 5) is 27.7. The molecule has 1 heterocycles. The first-order chi connectivity index (χ1) is 15.3. The van der Waals surface area contributed by atoms with Crippen molar-refractivity contribution in [2.75, 3.05) is 18.4 Å². The molecule has 0 spiro atoms. The Labute approximate surface area is 193 Å². The molecule has 0 radical (unpaired) electrons. The van der Waals surface area contributed by atoms with Crippen molar-refractivity contribution in [1.82, 2.24) is 4.90 Å². The van der Waals surface area contributed by atoms with Gasteiger partial charge in [0.2, 0.25) is 5.91 Å². The molecule has 1 saturated heterocycles. The van der Waals surface area contributed by atoms with Crippen molar-refractivity contribution >= 4 is 38.9 Å². The van der Waals surface area contributed by atoms with Crippen LogP contribution in [0, 0.1) is 5.92 Å². The lowest BCUT2D eigenvalue weighted by molar-refractivity contribution is -0.121. The number of piperidine rings is 1. The summed E-state index contributed by atoms with van der Waals surface area (Å²) in [6, 6.07) is 13.2. The van der Waals surface area contributed by atoms with Crippen molar-refractivity contribution in [2.45, 2.75) is 48.7 Å². The lowest BCUT2D eigenvalue weighted by Crippen LogP contribution is -2.43. The number of anilines is 1. The maximum atomic E-state index is 12.9. The van der Waals surface area contributed by atoms with Crippen molar-refractivity contribution in [3.8, 4) is 0 Å². The zero-order chi connectivity index (χ0) is 22.7. The molecule has 2 aromatic carbocycles. The Morgan fingerprint density at radius 2 is 1.69 bits per heavy atom. The van der Waals surface area contributed by atoms with Gasteiger partial charge < -0.3 is 10.2 Å². The Balaban J connectivity index is 1.42. The monoisotopic (exact) mass is 474 g/mol. The highest BCUT2D eigenvalue weighted by atomic mass is 35.5. The van der Waals surface area contributed by atoms with Gasteiger partial charge >= 0.3 is 0 Å². The van der Waals surface area contributed by atoms with Gasteiger partial charge in [0, 0.05) is 29.4 Å². The number of halogens is 1. The van der Waals surface area contributed by atoms with Gasteiger partial charge in [-0.2, -0.15) is 0 Å². The number of hydrogen-bond donors (Lipinski definition) is 1. The second kappa shape index (κ2) is 9.63. The lowest BCUT2D eigenvalue weighted by atomic mass is 9.96. The summed E-state index contributed by atoms with van der Waals surface area (Å²) in [7, 11) is -3.39. The van der Waals surface area contributed by atoms with E-state index in [0.29, 0.717) is 48.6 Å². The van der Waals surface area contributed by atoms with E-state index in [0.717, 1.165) is 19.3 Å². The third-order valence-corrected chi connectivity index (χ3v) is 8.85. The van der Waals surface area contributed by atoms with Gasteiger partial charge in [-0.05, 0) is 68.1 Å². The molecule has 0 bridgehead atoms. The number of amides is 2. The largest absolute Gasteiger partial charge is 0.338 e. The molecule has 1 aliphatic heterocycles. The second-order valence-electron chi connectivity index (χ2n) is 8.57. The molecular weight excluding hydrogens is 448 g/mol. The van der Waals surface area contributed by atoms with Crippen molar-refractivity contribution in [1.29, 1.82) is 0 Å². The van der Waals surface area contributed by atoms with Crippen LogP contribution in [-0.2, 0) is 14.6 Å². The maximum absolute atomic E-state index is 12.9. The van der Waals surface area contributed by atoms with E-state index in [-0.39, 0.29) is 27.9 Å². The molecule has 2 aromatic rings. The summed E-state index contributed by atoms with van der Waals surface area (Å²) in [6.45, 7) is 0.924. The molecule has 1 atom stereocenters. The maximum Gasteiger partial charge on any atom is 0.253 e. The highest BCUT2D eigenvalue weighted by Crippen LogP contribution is 2.31. The molecule has 1 aliphatic carbocycles. The minimum absolute atomic E-state index is 0.121. The summed E-state index contributed by atoms with van der Waals surface area (Å²) in [5.74, 6) is -0.673. The molecule has 170 valence electrons. The Hall–Kier alpha value is -2.38. The Kier molecular flexibility index (Phi) is 6.86. The molecule has 1 unspecified atom stereocenters. The van der Waals surface area contributed by atoms with Crippen LogP contribution < -0.4 is 5.32 Å². The van der Waals surface area contributed by atoms with E-state index in [1.165, 1.54) is 0 Å². The molecule has 1 saturated carbocycles. The van der Waals surface area contributed by atoms with Gasteiger partial charge in [0.1, 0.15) is 0 Å². The van der Waals surface area contributed by atoms with E-state index in [1.807, 2.05) is 0 Å². The fraction of sp³-hybridized carbons (Fsp3) is 0.417. The van der Waals surface area contributed by atoms with Crippen LogP contribution in [0.15, 0.2) is 53.4 Å². The van der Waals surface area contributed by atoms with Crippen LogP contribution in [0.1, 0.15) is 48.9 Å². The summed E-state index contributed by atoms with van der Waals surface area (Å²) in [5, 5.41) is 3.09. The van der Waals surface area contributed by atoms with Gasteiger partial charge in [0.05, 0.1) is 16.1 Å². The van der Waals surface area contributed by atoms with Crippen molar-refractivity contribution < 1.29 is 18.0 Å². The predicted molar refractivity (Wildman–Crippen MR) is 125 cm³/mol. The number of rotatable bonds is 5. The molecule has 2 aliphatic rings. The fourth-order valence-electron chi connectivity index (χ4n) is 4.54. The molecular formula is C24H27ClN2O4S. The van der Waals surface area contributed by atoms with Gasteiger partial charge in [-0.1, -0.05) is 30.5 Å². The Morgan fingerprint density at radius 1 is 0.969 bits per heavy atom. The van der Waals surface area contributed by atoms with Gasteiger partial charge in [0.15, 0.2) is 9.84 Å². The molecule has 2 amide bonds. The molecule has 6 nitrogen and oxygen atoms in total. The minimum atomic E-state index is -3.39. The normalized spacial score (nSPS) is 19.7. The van der Waals surface area contributed by atoms with E-state index < -0.39 is 9.84 Å². The average molecular weight is 475 g/mol. The third-order valence-electron chi connectivity index (χ3n) is 6.34. The number of carbonyl (C=O) groups is 2. The number of sulfone groups is 1. The molecule has 2 fully saturated rings. The number of likely N-dealkylation sites (tertiary alicyclic amines) is 1. The number of nitrogens with one attached hydrogen (secondary N) is 1. The lowest BCUT2D eigenvalue weighted by Gasteiger charge is -2.32. The first kappa shape index (κ1) is 22.8. The zero-order valence-corrected chi connectivity index (χ0v) is 19.4. The molecule has 8 heteroatoms. The van der Waals surface area contributed by atoms with Crippen molar-refractivity contribution in [3.63, 3.8) is 0 Å². The van der Waals surface area contributed by atoms with E-state index in [9.17, 15) is 18.0 Å². The topological polar surface area (TPSA) is 83.6 Å². The third kappa shape index (κ3) is 4.99. The van der Waals surface area contributed by atoms with Gasteiger partial charge in [-0.3, -0.25) is 9.59 Å². The van der Waals surface area contributed by atoms with E-state index >= 15 is 0 Å². The quantitative estimate of drug-likeness (QED) is 0.689. The summed E-state index contributed by atoms with van der Waals surface area (Å²) >= 11 is 5.90. The van der Waals surface area contributed by atoms with Crippen molar-refractivity contribution in [3.05, 3.63) is 59.1 Å². The zero-order valence-electron chi connectivity index (χ0n) is 17.8. The van der Waals surface area contributed by atoms with Crippen LogP contribution >= 0.6 is 11.6 Å². The summed E-state index contributed by atoms with van der Waals surface area (Å²) in [6.07, 6.45) is 4.67. The number of hydrogen-bond acceptors (Lipinski definition) is 4. The van der Waals surface area contributed by atoms with Crippen LogP contribution in [0.25, 0.3) is 0 Å². The van der Waals surface area contributed by atoms with Crippen LogP contribution in [0.4, 0.5) is 5.69 Å². The van der Waals surface area contributed by atoms with Gasteiger partial charge in [0.25, 0.3) is 5.91 Å². The highest BCUT2D eigenvalue weighted by Gasteiger charge is 2.31. The van der Waals surface area contributed by atoms with Gasteiger partial charge in [-0.15, -0.1) is 0 Å². The van der Waals surface area contributed by atoms with Crippen LogP contribution in [-0.4, -0.2) is 43.5 Å². The summed E-state index contributed by atoms with van der Waals surface area (Å²) < 4.78 is 25.8. The van der Waals surface area contributed by atoms with Crippen molar-refractivity contribution in [2.24, 2.45) is 5.92 Å². The second-order valence-corrected chi connectivity index (χ2v) is 11.2. The molecule has 1 N–H and O–H groups in total. The van der Waals surface area contributed by atoms with E-state index in [1.54, 1.807) is 53.4 Å².